The van der Waals surface area contributed by atoms with Gasteiger partial charge >= 0.3 is 0 Å². The average molecular weight is 372 g/mol. The minimum Gasteiger partial charge on any atom is -0.497 e. The predicted octanol–water partition coefficient (Wildman–Crippen LogP) is 2.39. The molecular weight excluding hydrogens is 348 g/mol. The molecule has 2 amide bonds. The lowest BCUT2D eigenvalue weighted by molar-refractivity contribution is -0.134. The van der Waals surface area contributed by atoms with Crippen LogP contribution < -0.4 is 25.1 Å². The SMILES string of the molecule is CCC(Oc1ccc(C)cc1)C(=O)NNC(=O)COc1ccc(OC)cc1. The molecule has 0 saturated heterocycles. The van der Waals surface area contributed by atoms with Crippen LogP contribution in [0.25, 0.3) is 0 Å². The number of benzene rings is 2. The highest BCUT2D eigenvalue weighted by molar-refractivity contribution is 5.85. The fourth-order valence-corrected chi connectivity index (χ4v) is 2.17. The minimum absolute atomic E-state index is 0.234. The lowest BCUT2D eigenvalue weighted by Gasteiger charge is -2.17. The zero-order valence-electron chi connectivity index (χ0n) is 15.7. The van der Waals surface area contributed by atoms with Crippen LogP contribution >= 0.6 is 0 Å². The van der Waals surface area contributed by atoms with Crippen molar-refractivity contribution in [3.63, 3.8) is 0 Å². The molecule has 0 saturated carbocycles. The van der Waals surface area contributed by atoms with Gasteiger partial charge in [0, 0.05) is 0 Å². The molecule has 2 N–H and O–H groups in total. The van der Waals surface area contributed by atoms with Gasteiger partial charge in [0.25, 0.3) is 11.8 Å². The molecule has 144 valence electrons. The lowest BCUT2D eigenvalue weighted by Crippen LogP contribution is -2.49. The Morgan fingerprint density at radius 2 is 1.52 bits per heavy atom. The first-order chi connectivity index (χ1) is 13.0. The number of rotatable bonds is 8. The molecule has 2 rings (SSSR count). The highest BCUT2D eigenvalue weighted by atomic mass is 16.5. The van der Waals surface area contributed by atoms with Crippen molar-refractivity contribution in [1.82, 2.24) is 10.9 Å². The number of aryl methyl sites for hydroxylation is 1. The number of carbonyl (C=O) groups is 2. The lowest BCUT2D eigenvalue weighted by atomic mass is 10.2. The van der Waals surface area contributed by atoms with Crippen molar-refractivity contribution in [3.8, 4) is 17.2 Å². The molecular formula is C20H24N2O5. The maximum Gasteiger partial charge on any atom is 0.279 e. The number of carbonyl (C=O) groups excluding carboxylic acids is 2. The van der Waals surface area contributed by atoms with Gasteiger partial charge in [-0.15, -0.1) is 0 Å². The molecule has 27 heavy (non-hydrogen) atoms. The number of hydrogen-bond acceptors (Lipinski definition) is 5. The molecule has 2 aromatic rings. The van der Waals surface area contributed by atoms with E-state index in [1.807, 2.05) is 26.0 Å². The van der Waals surface area contributed by atoms with Crippen LogP contribution in [0.4, 0.5) is 0 Å². The highest BCUT2D eigenvalue weighted by Crippen LogP contribution is 2.17. The number of methoxy groups -OCH3 is 1. The Labute approximate surface area is 158 Å². The topological polar surface area (TPSA) is 85.9 Å². The molecule has 0 aromatic heterocycles. The first-order valence-corrected chi connectivity index (χ1v) is 8.60. The summed E-state index contributed by atoms with van der Waals surface area (Å²) in [6.45, 7) is 3.56. The van der Waals surface area contributed by atoms with Gasteiger partial charge in [-0.25, -0.2) is 0 Å². The van der Waals surface area contributed by atoms with Gasteiger partial charge in [-0.2, -0.15) is 0 Å². The third kappa shape index (κ3) is 6.54. The monoisotopic (exact) mass is 372 g/mol. The molecule has 0 aliphatic carbocycles. The van der Waals surface area contributed by atoms with E-state index in [0.717, 1.165) is 5.56 Å². The van der Waals surface area contributed by atoms with E-state index in [4.69, 9.17) is 14.2 Å². The normalized spacial score (nSPS) is 11.2. The molecule has 1 atom stereocenters. The van der Waals surface area contributed by atoms with E-state index in [2.05, 4.69) is 10.9 Å². The summed E-state index contributed by atoms with van der Waals surface area (Å²) in [7, 11) is 1.57. The van der Waals surface area contributed by atoms with Crippen molar-refractivity contribution in [2.75, 3.05) is 13.7 Å². The molecule has 7 heteroatoms. The molecule has 0 bridgehead atoms. The van der Waals surface area contributed by atoms with Gasteiger partial charge in [-0.05, 0) is 49.7 Å². The first-order valence-electron chi connectivity index (χ1n) is 8.60. The maximum atomic E-state index is 12.2. The van der Waals surface area contributed by atoms with E-state index in [1.54, 1.807) is 43.5 Å². The molecule has 0 radical (unpaired) electrons. The Balaban J connectivity index is 1.76. The van der Waals surface area contributed by atoms with Gasteiger partial charge in [0.2, 0.25) is 0 Å². The van der Waals surface area contributed by atoms with Gasteiger partial charge < -0.3 is 14.2 Å². The second kappa shape index (κ2) is 10.1. The Morgan fingerprint density at radius 1 is 0.926 bits per heavy atom. The van der Waals surface area contributed by atoms with Gasteiger partial charge in [-0.3, -0.25) is 20.4 Å². The number of ether oxygens (including phenoxy) is 3. The van der Waals surface area contributed by atoms with Gasteiger partial charge in [0.05, 0.1) is 7.11 Å². The zero-order chi connectivity index (χ0) is 19.6. The molecule has 0 fully saturated rings. The van der Waals surface area contributed by atoms with E-state index in [9.17, 15) is 9.59 Å². The Kier molecular flexibility index (Phi) is 7.49. The third-order valence-corrected chi connectivity index (χ3v) is 3.72. The summed E-state index contributed by atoms with van der Waals surface area (Å²) in [6, 6.07) is 14.2. The summed E-state index contributed by atoms with van der Waals surface area (Å²) in [5, 5.41) is 0. The van der Waals surface area contributed by atoms with E-state index < -0.39 is 17.9 Å². The summed E-state index contributed by atoms with van der Waals surface area (Å²) < 4.78 is 16.0. The summed E-state index contributed by atoms with van der Waals surface area (Å²) in [5.74, 6) is 0.890. The van der Waals surface area contributed by atoms with Crippen molar-refractivity contribution in [3.05, 3.63) is 54.1 Å². The molecule has 2 aromatic carbocycles. The number of nitrogens with one attached hydrogen (secondary N) is 2. The summed E-state index contributed by atoms with van der Waals surface area (Å²) in [4.78, 5) is 24.0. The van der Waals surface area contributed by atoms with E-state index >= 15 is 0 Å². The van der Waals surface area contributed by atoms with E-state index in [1.165, 1.54) is 0 Å². The Morgan fingerprint density at radius 3 is 2.11 bits per heavy atom. The second-order valence-electron chi connectivity index (χ2n) is 5.83. The average Bonchev–Trinajstić information content (AvgIpc) is 2.70. The van der Waals surface area contributed by atoms with E-state index in [-0.39, 0.29) is 6.61 Å². The quantitative estimate of drug-likeness (QED) is 0.695. The molecule has 0 aliphatic rings. The summed E-state index contributed by atoms with van der Waals surface area (Å²) >= 11 is 0. The number of hydrazine groups is 1. The number of hydrogen-bond donors (Lipinski definition) is 2. The van der Waals surface area contributed by atoms with Crippen LogP contribution in [-0.4, -0.2) is 31.6 Å². The van der Waals surface area contributed by atoms with Crippen LogP contribution in [0.5, 0.6) is 17.2 Å². The van der Waals surface area contributed by atoms with Crippen molar-refractivity contribution < 1.29 is 23.8 Å². The molecule has 0 spiro atoms. The highest BCUT2D eigenvalue weighted by Gasteiger charge is 2.19. The van der Waals surface area contributed by atoms with Crippen molar-refractivity contribution in [1.29, 1.82) is 0 Å². The Hall–Kier alpha value is -3.22. The largest absolute Gasteiger partial charge is 0.497 e. The fourth-order valence-electron chi connectivity index (χ4n) is 2.17. The van der Waals surface area contributed by atoms with Crippen LogP contribution in [0.2, 0.25) is 0 Å². The number of amides is 2. The third-order valence-electron chi connectivity index (χ3n) is 3.72. The van der Waals surface area contributed by atoms with Crippen molar-refractivity contribution in [2.24, 2.45) is 0 Å². The van der Waals surface area contributed by atoms with Crippen molar-refractivity contribution in [2.45, 2.75) is 26.4 Å². The van der Waals surface area contributed by atoms with Crippen LogP contribution in [0, 0.1) is 6.92 Å². The molecule has 7 nitrogen and oxygen atoms in total. The van der Waals surface area contributed by atoms with Gasteiger partial charge in [0.1, 0.15) is 17.2 Å². The smallest absolute Gasteiger partial charge is 0.279 e. The van der Waals surface area contributed by atoms with Gasteiger partial charge in [-0.1, -0.05) is 24.6 Å². The summed E-state index contributed by atoms with van der Waals surface area (Å²) in [5.41, 5.74) is 5.77. The minimum atomic E-state index is -0.712. The Bertz CT molecular complexity index is 744. The van der Waals surface area contributed by atoms with Crippen LogP contribution in [0.1, 0.15) is 18.9 Å². The van der Waals surface area contributed by atoms with Crippen molar-refractivity contribution >= 4 is 11.8 Å². The predicted molar refractivity (Wildman–Crippen MR) is 101 cm³/mol. The van der Waals surface area contributed by atoms with Crippen LogP contribution in [-0.2, 0) is 9.59 Å². The molecule has 1 unspecified atom stereocenters. The zero-order valence-corrected chi connectivity index (χ0v) is 15.7. The maximum absolute atomic E-state index is 12.2. The molecule has 0 aliphatic heterocycles. The fraction of sp³-hybridized carbons (Fsp3) is 0.300. The first kappa shape index (κ1) is 20.1. The van der Waals surface area contributed by atoms with Gasteiger partial charge in [0.15, 0.2) is 12.7 Å². The molecule has 0 heterocycles. The van der Waals surface area contributed by atoms with E-state index in [0.29, 0.717) is 23.7 Å². The summed E-state index contributed by atoms with van der Waals surface area (Å²) in [6.07, 6.45) is -0.256. The second-order valence-corrected chi connectivity index (χ2v) is 5.83. The standard InChI is InChI=1S/C20H24N2O5/c1-4-18(27-17-7-5-14(2)6-8-17)20(24)22-21-19(23)13-26-16-11-9-15(25-3)10-12-16/h5-12,18H,4,13H2,1-3H3,(H,21,23)(H,22,24). The van der Waals surface area contributed by atoms with Crippen LogP contribution in [0.15, 0.2) is 48.5 Å². The van der Waals surface area contributed by atoms with Crippen LogP contribution in [0.3, 0.4) is 0 Å².